The molecule has 0 unspecified atom stereocenters. The molecular formula is C8H7BClNO2. The Labute approximate surface area is 81.3 Å². The lowest BCUT2D eigenvalue weighted by Gasteiger charge is -2.03. The van der Waals surface area contributed by atoms with Crippen LogP contribution < -0.4 is 5.46 Å². The van der Waals surface area contributed by atoms with E-state index in [1.54, 1.807) is 12.1 Å². The van der Waals surface area contributed by atoms with Crippen LogP contribution in [0.15, 0.2) is 18.2 Å². The van der Waals surface area contributed by atoms with Crippen molar-refractivity contribution in [3.05, 3.63) is 28.8 Å². The SMILES string of the molecule is N#CCc1ccc(B(O)O)c(Cl)c1. The Morgan fingerprint density at radius 2 is 2.15 bits per heavy atom. The summed E-state index contributed by atoms with van der Waals surface area (Å²) in [5.41, 5.74) is 1.01. The second-order valence-electron chi connectivity index (χ2n) is 2.56. The molecule has 0 spiro atoms. The van der Waals surface area contributed by atoms with Gasteiger partial charge in [-0.3, -0.25) is 0 Å². The van der Waals surface area contributed by atoms with Crippen molar-refractivity contribution in [3.8, 4) is 6.07 Å². The molecule has 2 N–H and O–H groups in total. The molecule has 3 nitrogen and oxygen atoms in total. The molecule has 0 heterocycles. The van der Waals surface area contributed by atoms with E-state index in [-0.39, 0.29) is 16.9 Å². The number of benzene rings is 1. The molecule has 0 aliphatic rings. The zero-order chi connectivity index (χ0) is 9.84. The van der Waals surface area contributed by atoms with Crippen molar-refractivity contribution in [2.45, 2.75) is 6.42 Å². The topological polar surface area (TPSA) is 64.2 Å². The molecule has 0 bridgehead atoms. The first kappa shape index (κ1) is 10.1. The lowest BCUT2D eigenvalue weighted by Crippen LogP contribution is -2.30. The fourth-order valence-electron chi connectivity index (χ4n) is 0.981. The highest BCUT2D eigenvalue weighted by molar-refractivity contribution is 6.62. The summed E-state index contributed by atoms with van der Waals surface area (Å²) in [5.74, 6) is 0. The largest absolute Gasteiger partial charge is 0.489 e. The molecule has 0 radical (unpaired) electrons. The zero-order valence-corrected chi connectivity index (χ0v) is 7.49. The minimum Gasteiger partial charge on any atom is -0.423 e. The second-order valence-corrected chi connectivity index (χ2v) is 2.97. The molecule has 13 heavy (non-hydrogen) atoms. The van der Waals surface area contributed by atoms with Crippen molar-refractivity contribution < 1.29 is 10.0 Å². The van der Waals surface area contributed by atoms with Crippen LogP contribution in [0.3, 0.4) is 0 Å². The normalized spacial score (nSPS) is 9.38. The quantitative estimate of drug-likeness (QED) is 0.657. The van der Waals surface area contributed by atoms with E-state index in [0.717, 1.165) is 5.56 Å². The summed E-state index contributed by atoms with van der Waals surface area (Å²) in [6.45, 7) is 0. The van der Waals surface area contributed by atoms with E-state index in [9.17, 15) is 0 Å². The van der Waals surface area contributed by atoms with E-state index in [0.29, 0.717) is 0 Å². The molecule has 1 aromatic carbocycles. The molecule has 0 amide bonds. The summed E-state index contributed by atoms with van der Waals surface area (Å²) >= 11 is 5.73. The number of hydrogen-bond donors (Lipinski definition) is 2. The molecule has 0 aromatic heterocycles. The van der Waals surface area contributed by atoms with Crippen molar-refractivity contribution in [3.63, 3.8) is 0 Å². The number of halogens is 1. The maximum absolute atomic E-state index is 8.83. The molecule has 0 aliphatic carbocycles. The molecule has 1 aromatic rings. The highest BCUT2D eigenvalue weighted by Gasteiger charge is 2.14. The van der Waals surface area contributed by atoms with E-state index >= 15 is 0 Å². The predicted molar refractivity (Wildman–Crippen MR) is 50.6 cm³/mol. The monoisotopic (exact) mass is 195 g/mol. The van der Waals surface area contributed by atoms with Crippen LogP contribution in [-0.2, 0) is 6.42 Å². The fourth-order valence-corrected chi connectivity index (χ4v) is 1.28. The third-order valence-electron chi connectivity index (χ3n) is 1.63. The Hall–Kier alpha value is -1.02. The van der Waals surface area contributed by atoms with Crippen LogP contribution >= 0.6 is 11.6 Å². The van der Waals surface area contributed by atoms with Crippen LogP contribution in [0.1, 0.15) is 5.56 Å². The molecule has 5 heteroatoms. The molecule has 1 rings (SSSR count). The van der Waals surface area contributed by atoms with Gasteiger partial charge in [0.25, 0.3) is 0 Å². The first-order valence-corrected chi connectivity index (χ1v) is 4.04. The Morgan fingerprint density at radius 3 is 2.62 bits per heavy atom. The van der Waals surface area contributed by atoms with Gasteiger partial charge in [-0.2, -0.15) is 5.26 Å². The van der Waals surface area contributed by atoms with Gasteiger partial charge in [0.2, 0.25) is 0 Å². The maximum Gasteiger partial charge on any atom is 0.489 e. The van der Waals surface area contributed by atoms with Gasteiger partial charge in [0, 0.05) is 10.5 Å². The first-order valence-electron chi connectivity index (χ1n) is 3.66. The average Bonchev–Trinajstić information content (AvgIpc) is 2.04. The van der Waals surface area contributed by atoms with Crippen LogP contribution in [0.4, 0.5) is 0 Å². The summed E-state index contributed by atoms with van der Waals surface area (Å²) in [6.07, 6.45) is 0.265. The summed E-state index contributed by atoms with van der Waals surface area (Å²) < 4.78 is 0. The van der Waals surface area contributed by atoms with E-state index < -0.39 is 7.12 Å². The van der Waals surface area contributed by atoms with E-state index in [1.807, 2.05) is 6.07 Å². The summed E-state index contributed by atoms with van der Waals surface area (Å²) in [6, 6.07) is 6.67. The van der Waals surface area contributed by atoms with Gasteiger partial charge < -0.3 is 10.0 Å². The minimum atomic E-state index is -1.57. The number of nitriles is 1. The molecule has 66 valence electrons. The molecule has 0 aliphatic heterocycles. The van der Waals surface area contributed by atoms with Gasteiger partial charge in [-0.05, 0) is 11.6 Å². The number of hydrogen-bond acceptors (Lipinski definition) is 3. The van der Waals surface area contributed by atoms with Gasteiger partial charge in [-0.1, -0.05) is 23.7 Å². The van der Waals surface area contributed by atoms with E-state index in [4.69, 9.17) is 26.9 Å². The maximum atomic E-state index is 8.83. The van der Waals surface area contributed by atoms with Gasteiger partial charge >= 0.3 is 7.12 Å². The third-order valence-corrected chi connectivity index (χ3v) is 1.95. The van der Waals surface area contributed by atoms with Crippen molar-refractivity contribution in [2.75, 3.05) is 0 Å². The van der Waals surface area contributed by atoms with Crippen LogP contribution in [0.25, 0.3) is 0 Å². The van der Waals surface area contributed by atoms with Gasteiger partial charge in [0.15, 0.2) is 0 Å². The summed E-state index contributed by atoms with van der Waals surface area (Å²) in [4.78, 5) is 0. The Balaban J connectivity index is 3.00. The summed E-state index contributed by atoms with van der Waals surface area (Å²) in [5, 5.41) is 26.3. The van der Waals surface area contributed by atoms with Crippen LogP contribution in [0, 0.1) is 11.3 Å². The molecule has 0 saturated carbocycles. The molecule has 0 fully saturated rings. The molecule has 0 atom stereocenters. The van der Waals surface area contributed by atoms with Crippen LogP contribution in [0.2, 0.25) is 5.02 Å². The molecular weight excluding hydrogens is 188 g/mol. The van der Waals surface area contributed by atoms with Gasteiger partial charge in [0.1, 0.15) is 0 Å². The lowest BCUT2D eigenvalue weighted by molar-refractivity contribution is 0.426. The van der Waals surface area contributed by atoms with Crippen LogP contribution in [0.5, 0.6) is 0 Å². The van der Waals surface area contributed by atoms with E-state index in [2.05, 4.69) is 0 Å². The minimum absolute atomic E-state index is 0.253. The van der Waals surface area contributed by atoms with Crippen molar-refractivity contribution in [1.29, 1.82) is 5.26 Å². The van der Waals surface area contributed by atoms with Gasteiger partial charge in [-0.15, -0.1) is 0 Å². The van der Waals surface area contributed by atoms with Gasteiger partial charge in [-0.25, -0.2) is 0 Å². The van der Waals surface area contributed by atoms with Crippen molar-refractivity contribution in [1.82, 2.24) is 0 Å². The second kappa shape index (κ2) is 4.29. The van der Waals surface area contributed by atoms with Crippen molar-refractivity contribution in [2.24, 2.45) is 0 Å². The Morgan fingerprint density at radius 1 is 1.46 bits per heavy atom. The summed E-state index contributed by atoms with van der Waals surface area (Å²) in [7, 11) is -1.57. The third kappa shape index (κ3) is 2.46. The average molecular weight is 195 g/mol. The highest BCUT2D eigenvalue weighted by Crippen LogP contribution is 2.09. The standard InChI is InChI=1S/C8H7BClNO2/c10-8-5-6(3-4-11)1-2-7(8)9(12)13/h1-2,5,12-13H,3H2. The first-order chi connectivity index (χ1) is 6.15. The van der Waals surface area contributed by atoms with Crippen molar-refractivity contribution >= 4 is 24.2 Å². The Kier molecular flexibility index (Phi) is 3.32. The number of nitrogens with zero attached hydrogens (tertiary/aromatic N) is 1. The number of rotatable bonds is 2. The smallest absolute Gasteiger partial charge is 0.423 e. The zero-order valence-electron chi connectivity index (χ0n) is 6.74. The van der Waals surface area contributed by atoms with E-state index in [1.165, 1.54) is 6.07 Å². The fraction of sp³-hybridized carbons (Fsp3) is 0.125. The Bertz CT molecular complexity index is 348. The lowest BCUT2D eigenvalue weighted by atomic mass is 9.80. The highest BCUT2D eigenvalue weighted by atomic mass is 35.5. The van der Waals surface area contributed by atoms with Crippen LogP contribution in [-0.4, -0.2) is 17.2 Å². The van der Waals surface area contributed by atoms with Gasteiger partial charge in [0.05, 0.1) is 12.5 Å². The predicted octanol–water partition coefficient (Wildman–Crippen LogP) is 0.0859. The molecule has 0 saturated heterocycles.